The van der Waals surface area contributed by atoms with Crippen LogP contribution in [0.4, 0.5) is 17.1 Å². The standard InChI is InChI=1S/C68H45N/c1-2-16-50-43-51(30-29-46(50)15-1)47-31-37-54(38-32-47)69(55-39-33-48(34-40-55)57-19-7-9-25-63(57)67-44-52-17-3-5-21-59(52)61-23-11-13-27-65(61)67)56-41-35-49(36-42-56)58-20-8-10-26-64(58)68-45-53-18-4-6-22-60(53)62-24-12-14-28-66(62)68/h1-45H. The van der Waals surface area contributed by atoms with Gasteiger partial charge in [0.15, 0.2) is 0 Å². The minimum atomic E-state index is 1.08. The molecule has 1 nitrogen and oxygen atoms in total. The van der Waals surface area contributed by atoms with Gasteiger partial charge in [0.05, 0.1) is 0 Å². The summed E-state index contributed by atoms with van der Waals surface area (Å²) in [7, 11) is 0. The fourth-order valence-corrected chi connectivity index (χ4v) is 10.7. The number of rotatable bonds is 8. The first-order valence-corrected chi connectivity index (χ1v) is 23.8. The summed E-state index contributed by atoms with van der Waals surface area (Å²) >= 11 is 0. The Bertz CT molecular complexity index is 3850. The van der Waals surface area contributed by atoms with Gasteiger partial charge in [0.1, 0.15) is 0 Å². The van der Waals surface area contributed by atoms with Gasteiger partial charge in [0.25, 0.3) is 0 Å². The zero-order valence-corrected chi connectivity index (χ0v) is 37.9. The molecule has 0 unspecified atom stereocenters. The Kier molecular flexibility index (Phi) is 9.91. The molecule has 13 aromatic rings. The maximum absolute atomic E-state index is 2.38. The predicted molar refractivity (Wildman–Crippen MR) is 296 cm³/mol. The average Bonchev–Trinajstić information content (AvgIpc) is 3.43. The number of hydrogen-bond acceptors (Lipinski definition) is 1. The molecule has 0 aliphatic rings. The average molecular weight is 876 g/mol. The van der Waals surface area contributed by atoms with Crippen molar-refractivity contribution in [3.63, 3.8) is 0 Å². The van der Waals surface area contributed by atoms with Crippen LogP contribution in [-0.4, -0.2) is 0 Å². The van der Waals surface area contributed by atoms with Crippen LogP contribution in [0, 0.1) is 0 Å². The molecule has 0 bridgehead atoms. The summed E-state index contributed by atoms with van der Waals surface area (Å²) in [5.41, 5.74) is 15.3. The highest BCUT2D eigenvalue weighted by molar-refractivity contribution is 6.16. The van der Waals surface area contributed by atoms with E-state index in [2.05, 4.69) is 278 Å². The van der Waals surface area contributed by atoms with E-state index in [0.29, 0.717) is 0 Å². The molecule has 0 spiro atoms. The van der Waals surface area contributed by atoms with Crippen LogP contribution in [0.5, 0.6) is 0 Å². The van der Waals surface area contributed by atoms with Gasteiger partial charge in [-0.05, 0) is 164 Å². The van der Waals surface area contributed by atoms with Crippen molar-refractivity contribution in [3.05, 3.63) is 273 Å². The quantitative estimate of drug-likeness (QED) is 0.138. The molecule has 1 heteroatoms. The first-order valence-electron chi connectivity index (χ1n) is 23.8. The van der Waals surface area contributed by atoms with Gasteiger partial charge < -0.3 is 4.90 Å². The van der Waals surface area contributed by atoms with E-state index in [1.54, 1.807) is 0 Å². The number of hydrogen-bond donors (Lipinski definition) is 0. The van der Waals surface area contributed by atoms with E-state index in [4.69, 9.17) is 0 Å². The topological polar surface area (TPSA) is 3.24 Å². The van der Waals surface area contributed by atoms with Gasteiger partial charge in [-0.25, -0.2) is 0 Å². The lowest BCUT2D eigenvalue weighted by Gasteiger charge is -2.26. The molecule has 0 amide bonds. The van der Waals surface area contributed by atoms with Crippen molar-refractivity contribution in [1.29, 1.82) is 0 Å². The Labute approximate surface area is 402 Å². The number of nitrogens with zero attached hydrogens (tertiary/aromatic N) is 1. The minimum Gasteiger partial charge on any atom is -0.311 e. The third-order valence-electron chi connectivity index (χ3n) is 14.1. The van der Waals surface area contributed by atoms with Crippen molar-refractivity contribution in [2.45, 2.75) is 0 Å². The summed E-state index contributed by atoms with van der Waals surface area (Å²) < 4.78 is 0. The summed E-state index contributed by atoms with van der Waals surface area (Å²) in [5, 5.41) is 12.6. The van der Waals surface area contributed by atoms with Gasteiger partial charge in [-0.2, -0.15) is 0 Å². The highest BCUT2D eigenvalue weighted by atomic mass is 15.1. The van der Waals surface area contributed by atoms with Gasteiger partial charge in [0.2, 0.25) is 0 Å². The lowest BCUT2D eigenvalue weighted by Crippen LogP contribution is -2.09. The molecule has 0 saturated heterocycles. The highest BCUT2D eigenvalue weighted by Gasteiger charge is 2.18. The highest BCUT2D eigenvalue weighted by Crippen LogP contribution is 2.44. The molecule has 0 aromatic heterocycles. The lowest BCUT2D eigenvalue weighted by atomic mass is 9.89. The van der Waals surface area contributed by atoms with Gasteiger partial charge in [-0.15, -0.1) is 0 Å². The molecule has 13 rings (SSSR count). The monoisotopic (exact) mass is 875 g/mol. The Morgan fingerprint density at radius 1 is 0.174 bits per heavy atom. The molecule has 322 valence electrons. The van der Waals surface area contributed by atoms with Crippen LogP contribution in [-0.2, 0) is 0 Å². The van der Waals surface area contributed by atoms with Crippen LogP contribution >= 0.6 is 0 Å². The van der Waals surface area contributed by atoms with E-state index in [1.165, 1.54) is 109 Å². The van der Waals surface area contributed by atoms with Gasteiger partial charge in [-0.3, -0.25) is 0 Å². The third-order valence-corrected chi connectivity index (χ3v) is 14.1. The summed E-state index contributed by atoms with van der Waals surface area (Å²) in [5.74, 6) is 0. The van der Waals surface area contributed by atoms with Gasteiger partial charge in [-0.1, -0.05) is 218 Å². The predicted octanol–water partition coefficient (Wildman–Crippen LogP) is 19.3. The van der Waals surface area contributed by atoms with Crippen LogP contribution in [0.1, 0.15) is 0 Å². The second-order valence-corrected chi connectivity index (χ2v) is 18.0. The maximum Gasteiger partial charge on any atom is 0.0462 e. The summed E-state index contributed by atoms with van der Waals surface area (Å²) in [6.45, 7) is 0. The van der Waals surface area contributed by atoms with E-state index in [1.807, 2.05) is 0 Å². The third kappa shape index (κ3) is 7.20. The number of fused-ring (bicyclic) bond motifs is 7. The summed E-state index contributed by atoms with van der Waals surface area (Å²) in [6, 6.07) is 100. The van der Waals surface area contributed by atoms with E-state index in [9.17, 15) is 0 Å². The molecule has 0 saturated carbocycles. The molecule has 69 heavy (non-hydrogen) atoms. The number of benzene rings is 13. The van der Waals surface area contributed by atoms with Crippen molar-refractivity contribution in [1.82, 2.24) is 0 Å². The maximum atomic E-state index is 2.38. The molecule has 0 heterocycles. The second kappa shape index (κ2) is 17.0. The Hall–Kier alpha value is -9.04. The first-order chi connectivity index (χ1) is 34.2. The lowest BCUT2D eigenvalue weighted by molar-refractivity contribution is 1.28. The van der Waals surface area contributed by atoms with Gasteiger partial charge >= 0.3 is 0 Å². The Morgan fingerprint density at radius 2 is 0.507 bits per heavy atom. The Morgan fingerprint density at radius 3 is 0.971 bits per heavy atom. The smallest absolute Gasteiger partial charge is 0.0462 e. The fourth-order valence-electron chi connectivity index (χ4n) is 10.7. The first kappa shape index (κ1) is 40.3. The molecule has 13 aromatic carbocycles. The van der Waals surface area contributed by atoms with Crippen molar-refractivity contribution in [2.24, 2.45) is 0 Å². The van der Waals surface area contributed by atoms with Crippen LogP contribution in [0.2, 0.25) is 0 Å². The zero-order chi connectivity index (χ0) is 45.7. The van der Waals surface area contributed by atoms with Crippen molar-refractivity contribution in [2.75, 3.05) is 4.90 Å². The fraction of sp³-hybridized carbons (Fsp3) is 0. The van der Waals surface area contributed by atoms with E-state index >= 15 is 0 Å². The molecular formula is C68H45N. The molecular weight excluding hydrogens is 831 g/mol. The van der Waals surface area contributed by atoms with Crippen LogP contribution in [0.15, 0.2) is 273 Å². The minimum absolute atomic E-state index is 1.08. The van der Waals surface area contributed by atoms with Crippen LogP contribution < -0.4 is 4.90 Å². The van der Waals surface area contributed by atoms with E-state index < -0.39 is 0 Å². The van der Waals surface area contributed by atoms with Crippen LogP contribution in [0.3, 0.4) is 0 Å². The molecule has 0 radical (unpaired) electrons. The second-order valence-electron chi connectivity index (χ2n) is 18.0. The Balaban J connectivity index is 0.905. The molecule has 0 fully saturated rings. The number of anilines is 3. The van der Waals surface area contributed by atoms with Gasteiger partial charge in [0, 0.05) is 17.1 Å². The largest absolute Gasteiger partial charge is 0.311 e. The molecule has 0 aliphatic heterocycles. The summed E-state index contributed by atoms with van der Waals surface area (Å²) in [6.07, 6.45) is 0. The van der Waals surface area contributed by atoms with E-state index in [0.717, 1.165) is 17.1 Å². The summed E-state index contributed by atoms with van der Waals surface area (Å²) in [4.78, 5) is 2.38. The van der Waals surface area contributed by atoms with E-state index in [-0.39, 0.29) is 0 Å². The molecule has 0 atom stereocenters. The van der Waals surface area contributed by atoms with Crippen molar-refractivity contribution in [3.8, 4) is 55.6 Å². The SMILES string of the molecule is c1ccc(-c2cc3ccccc3c3ccccc23)c(-c2ccc(N(c3ccc(-c4ccc5ccccc5c4)cc3)c3ccc(-c4ccccc4-c4cc5ccccc5c5ccccc45)cc3)cc2)c1. The van der Waals surface area contributed by atoms with Crippen molar-refractivity contribution >= 4 is 70.9 Å². The van der Waals surface area contributed by atoms with Crippen LogP contribution in [0.25, 0.3) is 109 Å². The van der Waals surface area contributed by atoms with Crippen molar-refractivity contribution < 1.29 is 0 Å². The normalized spacial score (nSPS) is 11.5. The molecule has 0 aliphatic carbocycles. The molecule has 0 N–H and O–H groups in total. The zero-order valence-electron chi connectivity index (χ0n) is 37.9.